The molecule has 1 aliphatic carbocycles. The molecular formula is C24H26N4O2S. The summed E-state index contributed by atoms with van der Waals surface area (Å²) in [5.74, 6) is -0.416. The fraction of sp³-hybridized carbons (Fsp3) is 0.333. The molecule has 7 heteroatoms. The van der Waals surface area contributed by atoms with Crippen molar-refractivity contribution in [3.63, 3.8) is 0 Å². The predicted molar refractivity (Wildman–Crippen MR) is 122 cm³/mol. The van der Waals surface area contributed by atoms with Gasteiger partial charge in [0.1, 0.15) is 10.9 Å². The summed E-state index contributed by atoms with van der Waals surface area (Å²) < 4.78 is 0. The molecular weight excluding hydrogens is 408 g/mol. The van der Waals surface area contributed by atoms with Crippen LogP contribution < -0.4 is 10.2 Å². The molecule has 0 spiro atoms. The number of thiazole rings is 1. The molecule has 0 aliphatic heterocycles. The quantitative estimate of drug-likeness (QED) is 0.615. The van der Waals surface area contributed by atoms with Gasteiger partial charge in [0.25, 0.3) is 5.91 Å². The van der Waals surface area contributed by atoms with Gasteiger partial charge < -0.3 is 5.32 Å². The number of benzene rings is 1. The highest BCUT2D eigenvalue weighted by Crippen LogP contribution is 2.32. The molecule has 160 valence electrons. The van der Waals surface area contributed by atoms with Crippen LogP contribution in [-0.2, 0) is 4.79 Å². The van der Waals surface area contributed by atoms with E-state index in [4.69, 9.17) is 0 Å². The summed E-state index contributed by atoms with van der Waals surface area (Å²) in [6.07, 6.45) is 7.46. The topological polar surface area (TPSA) is 75.2 Å². The van der Waals surface area contributed by atoms with Crippen molar-refractivity contribution in [3.05, 3.63) is 76.0 Å². The molecule has 0 radical (unpaired) electrons. The molecule has 2 aromatic heterocycles. The molecule has 1 atom stereocenters. The van der Waals surface area contributed by atoms with E-state index in [0.717, 1.165) is 36.3 Å². The normalized spacial score (nSPS) is 14.9. The maximum atomic E-state index is 13.8. The van der Waals surface area contributed by atoms with E-state index in [9.17, 15) is 9.59 Å². The Bertz CT molecular complexity index is 1050. The summed E-state index contributed by atoms with van der Waals surface area (Å²) in [6.45, 7) is 3.71. The van der Waals surface area contributed by atoms with Crippen LogP contribution in [0, 0.1) is 13.8 Å². The van der Waals surface area contributed by atoms with Crippen molar-refractivity contribution in [1.82, 2.24) is 15.3 Å². The van der Waals surface area contributed by atoms with Gasteiger partial charge in [-0.15, -0.1) is 11.3 Å². The van der Waals surface area contributed by atoms with Gasteiger partial charge in [-0.25, -0.2) is 4.98 Å². The lowest BCUT2D eigenvalue weighted by Gasteiger charge is -2.32. The number of rotatable bonds is 6. The van der Waals surface area contributed by atoms with Crippen LogP contribution in [0.15, 0.2) is 54.9 Å². The number of nitrogens with one attached hydrogen (secondary N) is 1. The highest BCUT2D eigenvalue weighted by atomic mass is 32.1. The van der Waals surface area contributed by atoms with Gasteiger partial charge >= 0.3 is 0 Å². The summed E-state index contributed by atoms with van der Waals surface area (Å²) in [7, 11) is 0. The van der Waals surface area contributed by atoms with Crippen LogP contribution in [0.25, 0.3) is 0 Å². The molecule has 3 aromatic rings. The largest absolute Gasteiger partial charge is 0.351 e. The zero-order chi connectivity index (χ0) is 21.8. The Morgan fingerprint density at radius 2 is 1.84 bits per heavy atom. The number of amides is 2. The molecule has 1 fully saturated rings. The van der Waals surface area contributed by atoms with Crippen LogP contribution in [-0.4, -0.2) is 27.8 Å². The third-order valence-corrected chi connectivity index (χ3v) is 6.62. The molecule has 1 aliphatic rings. The lowest BCUT2D eigenvalue weighted by atomic mass is 10.0. The van der Waals surface area contributed by atoms with Gasteiger partial charge in [-0.2, -0.15) is 0 Å². The van der Waals surface area contributed by atoms with E-state index in [1.165, 1.54) is 11.3 Å². The Balaban J connectivity index is 1.80. The minimum Gasteiger partial charge on any atom is -0.351 e. The monoisotopic (exact) mass is 434 g/mol. The number of aromatic nitrogens is 2. The van der Waals surface area contributed by atoms with Gasteiger partial charge in [-0.1, -0.05) is 43.2 Å². The van der Waals surface area contributed by atoms with Crippen LogP contribution in [0.5, 0.6) is 0 Å². The fourth-order valence-corrected chi connectivity index (χ4v) is 4.98. The minimum absolute atomic E-state index is 0.150. The van der Waals surface area contributed by atoms with Crippen LogP contribution in [0.4, 0.5) is 5.69 Å². The van der Waals surface area contributed by atoms with E-state index in [-0.39, 0.29) is 17.9 Å². The number of aryl methyl sites for hydroxylation is 2. The Morgan fingerprint density at radius 1 is 1.10 bits per heavy atom. The highest BCUT2D eigenvalue weighted by Gasteiger charge is 2.36. The molecule has 0 saturated heterocycles. The van der Waals surface area contributed by atoms with Gasteiger partial charge in [0.2, 0.25) is 5.91 Å². The molecule has 0 bridgehead atoms. The van der Waals surface area contributed by atoms with Crippen LogP contribution >= 0.6 is 11.3 Å². The summed E-state index contributed by atoms with van der Waals surface area (Å²) in [5, 5.41) is 4.01. The molecule has 2 amide bonds. The van der Waals surface area contributed by atoms with E-state index in [1.807, 2.05) is 50.2 Å². The van der Waals surface area contributed by atoms with E-state index >= 15 is 0 Å². The van der Waals surface area contributed by atoms with E-state index in [2.05, 4.69) is 15.3 Å². The van der Waals surface area contributed by atoms with Crippen LogP contribution in [0.3, 0.4) is 0 Å². The molecule has 6 nitrogen and oxygen atoms in total. The van der Waals surface area contributed by atoms with Gasteiger partial charge in [-0.3, -0.25) is 19.5 Å². The van der Waals surface area contributed by atoms with Crippen LogP contribution in [0.1, 0.15) is 57.7 Å². The van der Waals surface area contributed by atoms with Crippen molar-refractivity contribution >= 4 is 28.8 Å². The van der Waals surface area contributed by atoms with Crippen molar-refractivity contribution in [2.75, 3.05) is 4.90 Å². The summed E-state index contributed by atoms with van der Waals surface area (Å²) in [5.41, 5.74) is 2.01. The van der Waals surface area contributed by atoms with E-state index in [1.54, 1.807) is 23.4 Å². The van der Waals surface area contributed by atoms with Gasteiger partial charge in [-0.05, 0) is 44.4 Å². The fourth-order valence-electron chi connectivity index (χ4n) is 4.12. The van der Waals surface area contributed by atoms with E-state index in [0.29, 0.717) is 16.3 Å². The smallest absolute Gasteiger partial charge is 0.271 e. The Kier molecular flexibility index (Phi) is 6.42. The van der Waals surface area contributed by atoms with Crippen LogP contribution in [0.2, 0.25) is 0 Å². The Morgan fingerprint density at radius 3 is 2.45 bits per heavy atom. The van der Waals surface area contributed by atoms with Crippen molar-refractivity contribution in [1.29, 1.82) is 0 Å². The average molecular weight is 435 g/mol. The molecule has 2 heterocycles. The highest BCUT2D eigenvalue weighted by molar-refractivity contribution is 7.13. The third-order valence-electron chi connectivity index (χ3n) is 5.56. The number of hydrogen-bond acceptors (Lipinski definition) is 5. The number of anilines is 1. The SMILES string of the molecule is Cc1nc(C)c(C(=O)N(c2cccnc2)[C@@H](C(=O)NC2CCCC2)c2ccccc2)s1. The first-order chi connectivity index (χ1) is 15.0. The van der Waals surface area contributed by atoms with Crippen molar-refractivity contribution in [3.8, 4) is 0 Å². The zero-order valence-corrected chi connectivity index (χ0v) is 18.6. The molecule has 1 aromatic carbocycles. The standard InChI is InChI=1S/C24H26N4O2S/c1-16-22(31-17(2)26-16)24(30)28(20-13-8-14-25-15-20)21(18-9-4-3-5-10-18)23(29)27-19-11-6-7-12-19/h3-5,8-10,13-15,19,21H,6-7,11-12H2,1-2H3,(H,27,29)/t21-/m1/s1. The second-order valence-corrected chi connectivity index (χ2v) is 9.04. The summed E-state index contributed by atoms with van der Waals surface area (Å²) >= 11 is 1.35. The lowest BCUT2D eigenvalue weighted by Crippen LogP contribution is -2.46. The second kappa shape index (κ2) is 9.39. The first-order valence-corrected chi connectivity index (χ1v) is 11.4. The maximum absolute atomic E-state index is 13.8. The van der Waals surface area contributed by atoms with Crippen molar-refractivity contribution < 1.29 is 9.59 Å². The van der Waals surface area contributed by atoms with Gasteiger partial charge in [0.15, 0.2) is 0 Å². The maximum Gasteiger partial charge on any atom is 0.271 e. The number of nitrogens with zero attached hydrogens (tertiary/aromatic N) is 3. The minimum atomic E-state index is -0.805. The predicted octanol–water partition coefficient (Wildman–Crippen LogP) is 4.60. The first kappa shape index (κ1) is 21.2. The zero-order valence-electron chi connectivity index (χ0n) is 17.7. The third kappa shape index (κ3) is 4.66. The number of hydrogen-bond donors (Lipinski definition) is 1. The Labute approximate surface area is 186 Å². The number of carbonyl (C=O) groups excluding carboxylic acids is 2. The van der Waals surface area contributed by atoms with Crippen molar-refractivity contribution in [2.24, 2.45) is 0 Å². The van der Waals surface area contributed by atoms with E-state index < -0.39 is 6.04 Å². The second-order valence-electron chi connectivity index (χ2n) is 7.84. The number of carbonyl (C=O) groups is 2. The van der Waals surface area contributed by atoms with Crippen molar-refractivity contribution in [2.45, 2.75) is 51.6 Å². The molecule has 1 saturated carbocycles. The average Bonchev–Trinajstić information content (AvgIpc) is 3.41. The summed E-state index contributed by atoms with van der Waals surface area (Å²) in [6, 6.07) is 12.4. The Hall–Kier alpha value is -3.06. The van der Waals surface area contributed by atoms with Gasteiger partial charge in [0, 0.05) is 12.2 Å². The summed E-state index contributed by atoms with van der Waals surface area (Å²) in [4.78, 5) is 38.2. The lowest BCUT2D eigenvalue weighted by molar-refractivity contribution is -0.123. The van der Waals surface area contributed by atoms with Gasteiger partial charge in [0.05, 0.1) is 22.6 Å². The molecule has 1 N–H and O–H groups in total. The number of pyridine rings is 1. The molecule has 0 unspecified atom stereocenters. The molecule has 31 heavy (non-hydrogen) atoms. The first-order valence-electron chi connectivity index (χ1n) is 10.6. The molecule has 4 rings (SSSR count).